The summed E-state index contributed by atoms with van der Waals surface area (Å²) < 4.78 is 24.6. The van der Waals surface area contributed by atoms with Gasteiger partial charge in [-0.1, -0.05) is 36.1 Å². The Labute approximate surface area is 221 Å². The minimum Gasteiger partial charge on any atom is -0.507 e. The summed E-state index contributed by atoms with van der Waals surface area (Å²) in [6, 6.07) is 9.22. The van der Waals surface area contributed by atoms with E-state index in [1.807, 2.05) is 6.92 Å². The molecule has 0 aliphatic carbocycles. The van der Waals surface area contributed by atoms with Gasteiger partial charge in [0.15, 0.2) is 5.13 Å². The number of benzene rings is 2. The number of ether oxygens (including phenoxy) is 2. The molecule has 194 valence electrons. The molecule has 5 rings (SSSR count). The molecule has 38 heavy (non-hydrogen) atoms. The maximum absolute atomic E-state index is 13.8. The molecular formula is C28H23FN2O6S. The van der Waals surface area contributed by atoms with Gasteiger partial charge in [-0.05, 0) is 55.3 Å². The van der Waals surface area contributed by atoms with E-state index in [9.17, 15) is 23.9 Å². The van der Waals surface area contributed by atoms with Gasteiger partial charge in [0.25, 0.3) is 5.78 Å². The number of carbonyl (C=O) groups is 3. The van der Waals surface area contributed by atoms with E-state index >= 15 is 0 Å². The predicted octanol–water partition coefficient (Wildman–Crippen LogP) is 4.88. The molecule has 2 aromatic carbocycles. The number of carbonyl (C=O) groups excluding carboxylic acids is 3. The molecule has 2 aliphatic rings. The number of Topliss-reactive ketones (excluding diaryl/α,β-unsaturated/α-hetero) is 1. The molecule has 1 aromatic heterocycles. The van der Waals surface area contributed by atoms with Crippen LogP contribution in [-0.2, 0) is 20.7 Å². The number of esters is 1. The molecule has 0 bridgehead atoms. The monoisotopic (exact) mass is 534 g/mol. The molecule has 0 radical (unpaired) electrons. The third-order valence-corrected chi connectivity index (χ3v) is 7.45. The SMILES string of the molecule is C=CCOC(=O)c1sc(N2C(=O)C(=O)/C(=C(/O)c3ccc4c(c3)CC(C)O4)C2c2ccc(F)cc2)nc1C. The van der Waals surface area contributed by atoms with Gasteiger partial charge in [0.05, 0.1) is 17.3 Å². The predicted molar refractivity (Wildman–Crippen MR) is 139 cm³/mol. The fourth-order valence-electron chi connectivity index (χ4n) is 4.59. The van der Waals surface area contributed by atoms with Crippen LogP contribution >= 0.6 is 11.3 Å². The maximum Gasteiger partial charge on any atom is 0.350 e. The van der Waals surface area contributed by atoms with Crippen LogP contribution in [-0.4, -0.2) is 40.5 Å². The maximum atomic E-state index is 13.8. The van der Waals surface area contributed by atoms with Crippen molar-refractivity contribution in [2.75, 3.05) is 11.5 Å². The van der Waals surface area contributed by atoms with E-state index in [-0.39, 0.29) is 34.1 Å². The van der Waals surface area contributed by atoms with Gasteiger partial charge in [0, 0.05) is 12.0 Å². The van der Waals surface area contributed by atoms with Crippen molar-refractivity contribution in [2.24, 2.45) is 0 Å². The lowest BCUT2D eigenvalue weighted by Gasteiger charge is -2.23. The van der Waals surface area contributed by atoms with Crippen LogP contribution in [0.25, 0.3) is 5.76 Å². The number of ketones is 1. The standard InChI is InChI=1S/C28H23FN2O6S/c1-4-11-36-27(35)25-15(3)30-28(38-25)31-22(16-5-8-19(29)9-6-16)21(24(33)26(31)34)23(32)17-7-10-20-18(13-17)12-14(2)37-20/h4-10,13-14,22,32H,1,11-12H2,2-3H3/b23-21+. The number of aromatic nitrogens is 1. The van der Waals surface area contributed by atoms with Gasteiger partial charge in [-0.2, -0.15) is 0 Å². The van der Waals surface area contributed by atoms with Crippen molar-refractivity contribution in [1.29, 1.82) is 0 Å². The van der Waals surface area contributed by atoms with E-state index in [2.05, 4.69) is 11.6 Å². The average Bonchev–Trinajstić information content (AvgIpc) is 3.54. The molecule has 10 heteroatoms. The van der Waals surface area contributed by atoms with Gasteiger partial charge in [-0.25, -0.2) is 14.2 Å². The highest BCUT2D eigenvalue weighted by atomic mass is 32.1. The number of halogens is 1. The number of nitrogens with zero attached hydrogens (tertiary/aromatic N) is 2. The zero-order valence-electron chi connectivity index (χ0n) is 20.6. The fourth-order valence-corrected chi connectivity index (χ4v) is 5.58. The normalized spacial score (nSPS) is 19.8. The Morgan fingerprint density at radius 1 is 1.29 bits per heavy atom. The van der Waals surface area contributed by atoms with E-state index < -0.39 is 29.5 Å². The molecule has 0 saturated carbocycles. The summed E-state index contributed by atoms with van der Waals surface area (Å²) in [7, 11) is 0. The lowest BCUT2D eigenvalue weighted by molar-refractivity contribution is -0.132. The minimum absolute atomic E-state index is 0.00377. The second-order valence-electron chi connectivity index (χ2n) is 8.97. The van der Waals surface area contributed by atoms with Gasteiger partial charge < -0.3 is 14.6 Å². The summed E-state index contributed by atoms with van der Waals surface area (Å²) in [5.41, 5.74) is 1.74. The first kappa shape index (κ1) is 25.3. The molecule has 1 saturated heterocycles. The van der Waals surface area contributed by atoms with E-state index in [1.165, 1.54) is 30.3 Å². The molecule has 2 unspecified atom stereocenters. The van der Waals surface area contributed by atoms with Crippen molar-refractivity contribution in [2.45, 2.75) is 32.4 Å². The van der Waals surface area contributed by atoms with Gasteiger partial charge in [0.1, 0.15) is 34.9 Å². The first-order valence-corrected chi connectivity index (χ1v) is 12.6. The molecule has 8 nitrogen and oxygen atoms in total. The number of hydrogen-bond donors (Lipinski definition) is 1. The highest BCUT2D eigenvalue weighted by Gasteiger charge is 2.48. The second kappa shape index (κ2) is 9.86. The lowest BCUT2D eigenvalue weighted by Crippen LogP contribution is -2.29. The van der Waals surface area contributed by atoms with Crippen LogP contribution in [0.2, 0.25) is 0 Å². The van der Waals surface area contributed by atoms with Crippen LogP contribution < -0.4 is 9.64 Å². The second-order valence-corrected chi connectivity index (χ2v) is 9.95. The largest absolute Gasteiger partial charge is 0.507 e. The van der Waals surface area contributed by atoms with Crippen LogP contribution in [0.3, 0.4) is 0 Å². The van der Waals surface area contributed by atoms with Crippen LogP contribution in [0.1, 0.15) is 45.0 Å². The number of hydrogen-bond acceptors (Lipinski definition) is 8. The third kappa shape index (κ3) is 4.37. The number of rotatable bonds is 6. The molecule has 3 aromatic rings. The highest BCUT2D eigenvalue weighted by molar-refractivity contribution is 7.17. The summed E-state index contributed by atoms with van der Waals surface area (Å²) in [6.07, 6.45) is 2.04. The Morgan fingerprint density at radius 2 is 2.03 bits per heavy atom. The third-order valence-electron chi connectivity index (χ3n) is 6.31. The first-order valence-electron chi connectivity index (χ1n) is 11.8. The number of aryl methyl sites for hydroxylation is 1. The molecule has 0 spiro atoms. The average molecular weight is 535 g/mol. The van der Waals surface area contributed by atoms with Crippen molar-refractivity contribution in [3.63, 3.8) is 0 Å². The number of thiazole rings is 1. The van der Waals surface area contributed by atoms with Crippen LogP contribution in [0.4, 0.5) is 9.52 Å². The molecule has 1 fully saturated rings. The van der Waals surface area contributed by atoms with Crippen molar-refractivity contribution >= 4 is 39.9 Å². The topological polar surface area (TPSA) is 106 Å². The van der Waals surface area contributed by atoms with Gasteiger partial charge in [-0.3, -0.25) is 14.5 Å². The minimum atomic E-state index is -1.11. The summed E-state index contributed by atoms with van der Waals surface area (Å²) in [5.74, 6) is -2.68. The molecule has 1 N–H and O–H groups in total. The first-order chi connectivity index (χ1) is 18.2. The quantitative estimate of drug-likeness (QED) is 0.158. The number of anilines is 1. The Hall–Kier alpha value is -4.31. The van der Waals surface area contributed by atoms with Crippen molar-refractivity contribution < 1.29 is 33.4 Å². The zero-order valence-corrected chi connectivity index (χ0v) is 21.4. The molecule has 1 amide bonds. The van der Waals surface area contributed by atoms with Crippen molar-refractivity contribution in [3.05, 3.63) is 93.8 Å². The Bertz CT molecular complexity index is 1510. The molecule has 3 heterocycles. The number of aliphatic hydroxyl groups is 1. The summed E-state index contributed by atoms with van der Waals surface area (Å²) >= 11 is 0.887. The van der Waals surface area contributed by atoms with Crippen molar-refractivity contribution in [3.8, 4) is 5.75 Å². The van der Waals surface area contributed by atoms with E-state index in [1.54, 1.807) is 25.1 Å². The summed E-state index contributed by atoms with van der Waals surface area (Å²) in [5, 5.41) is 11.4. The smallest absolute Gasteiger partial charge is 0.350 e. The summed E-state index contributed by atoms with van der Waals surface area (Å²) in [6.45, 7) is 7.02. The van der Waals surface area contributed by atoms with E-state index in [0.29, 0.717) is 29.0 Å². The van der Waals surface area contributed by atoms with E-state index in [4.69, 9.17) is 9.47 Å². The Balaban J connectivity index is 1.64. The molecule has 2 aliphatic heterocycles. The van der Waals surface area contributed by atoms with Crippen LogP contribution in [0.5, 0.6) is 5.75 Å². The van der Waals surface area contributed by atoms with Gasteiger partial charge in [-0.15, -0.1) is 0 Å². The highest BCUT2D eigenvalue weighted by Crippen LogP contribution is 2.44. The zero-order chi connectivity index (χ0) is 27.1. The number of aliphatic hydroxyl groups excluding tert-OH is 1. The van der Waals surface area contributed by atoms with Crippen molar-refractivity contribution in [1.82, 2.24) is 4.98 Å². The lowest BCUT2D eigenvalue weighted by atomic mass is 9.94. The van der Waals surface area contributed by atoms with Crippen LogP contribution in [0.15, 0.2) is 60.7 Å². The fraction of sp³-hybridized carbons (Fsp3) is 0.214. The van der Waals surface area contributed by atoms with Crippen LogP contribution in [0, 0.1) is 12.7 Å². The van der Waals surface area contributed by atoms with Gasteiger partial charge in [0.2, 0.25) is 0 Å². The number of amides is 1. The molecular weight excluding hydrogens is 511 g/mol. The Morgan fingerprint density at radius 3 is 2.74 bits per heavy atom. The Kier molecular flexibility index (Phi) is 6.58. The van der Waals surface area contributed by atoms with E-state index in [0.717, 1.165) is 21.8 Å². The molecule has 2 atom stereocenters. The number of fused-ring (bicyclic) bond motifs is 1. The van der Waals surface area contributed by atoms with Gasteiger partial charge >= 0.3 is 11.9 Å². The summed E-state index contributed by atoms with van der Waals surface area (Å²) in [4.78, 5) is 44.9.